The molecule has 0 saturated carbocycles. The van der Waals surface area contributed by atoms with Crippen LogP contribution in [0, 0.1) is 0 Å². The van der Waals surface area contributed by atoms with Gasteiger partial charge in [-0.3, -0.25) is 0 Å². The molecule has 3 heterocycles. The summed E-state index contributed by atoms with van der Waals surface area (Å²) in [6, 6.07) is 12.3. The van der Waals surface area contributed by atoms with E-state index in [0.29, 0.717) is 0 Å². The summed E-state index contributed by atoms with van der Waals surface area (Å²) in [4.78, 5) is 13.7. The highest BCUT2D eigenvalue weighted by Gasteiger charge is 2.15. The number of pyridine rings is 1. The molecule has 5 nitrogen and oxygen atoms in total. The van der Waals surface area contributed by atoms with Crippen molar-refractivity contribution in [3.8, 4) is 5.75 Å². The fourth-order valence-corrected chi connectivity index (χ4v) is 3.60. The van der Waals surface area contributed by atoms with Gasteiger partial charge in [-0.1, -0.05) is 0 Å². The van der Waals surface area contributed by atoms with Gasteiger partial charge in [-0.15, -0.1) is 0 Å². The van der Waals surface area contributed by atoms with Crippen LogP contribution in [-0.2, 0) is 0 Å². The lowest BCUT2D eigenvalue weighted by Crippen LogP contribution is -2.42. The van der Waals surface area contributed by atoms with Gasteiger partial charge in [0.25, 0.3) is 0 Å². The molecule has 0 bridgehead atoms. The van der Waals surface area contributed by atoms with E-state index in [1.54, 1.807) is 6.20 Å². The Balaban J connectivity index is 1.36. The van der Waals surface area contributed by atoms with Crippen LogP contribution in [0.5, 0.6) is 5.75 Å². The van der Waals surface area contributed by atoms with Gasteiger partial charge in [0.2, 0.25) is 0 Å². The van der Waals surface area contributed by atoms with E-state index >= 15 is 0 Å². The van der Waals surface area contributed by atoms with Crippen LogP contribution in [0.1, 0.15) is 26.2 Å². The van der Waals surface area contributed by atoms with Crippen LogP contribution in [0.4, 0.5) is 5.69 Å². The predicted octanol–water partition coefficient (Wildman–Crippen LogP) is 2.17. The minimum absolute atomic E-state index is 0.0321. The highest BCUT2D eigenvalue weighted by molar-refractivity contribution is 5.60. The summed E-state index contributed by atoms with van der Waals surface area (Å²) in [5, 5.41) is 1.05. The molecular weight excluding hydrogens is 324 g/mol. The van der Waals surface area contributed by atoms with Crippen LogP contribution in [-0.4, -0.2) is 42.3 Å². The molecule has 0 N–H and O–H groups in total. The van der Waals surface area contributed by atoms with Crippen molar-refractivity contribution in [3.05, 3.63) is 53.3 Å². The van der Waals surface area contributed by atoms with E-state index in [1.165, 1.54) is 25.9 Å². The molecule has 0 spiro atoms. The van der Waals surface area contributed by atoms with Crippen LogP contribution in [0.3, 0.4) is 0 Å². The van der Waals surface area contributed by atoms with E-state index in [2.05, 4.69) is 45.0 Å². The molecule has 4 rings (SSSR count). The number of ether oxygens (including phenoxy) is 1. The fraction of sp³-hybridized carbons (Fsp3) is 0.429. The Morgan fingerprint density at radius 3 is 2.73 bits per heavy atom. The highest BCUT2D eigenvalue weighted by Crippen LogP contribution is 2.22. The number of hydrogen-bond donors (Lipinski definition) is 0. The van der Waals surface area contributed by atoms with Crippen LogP contribution in [0.25, 0.3) is 6.20 Å². The van der Waals surface area contributed by atoms with Gasteiger partial charge in [0.05, 0.1) is 6.61 Å². The summed E-state index contributed by atoms with van der Waals surface area (Å²) in [6.45, 7) is 6.51. The van der Waals surface area contributed by atoms with Crippen molar-refractivity contribution in [1.82, 2.24) is 9.88 Å². The number of likely N-dealkylation sites (tertiary alicyclic amines) is 1. The third-order valence-electron chi connectivity index (χ3n) is 5.03. The Morgan fingerprint density at radius 2 is 1.92 bits per heavy atom. The Bertz CT molecular complexity index is 843. The van der Waals surface area contributed by atoms with Crippen LogP contribution < -0.4 is 20.3 Å². The van der Waals surface area contributed by atoms with Gasteiger partial charge in [0, 0.05) is 29.8 Å². The standard InChI is InChI=1S/C21H26N4O/c1-17-23-21-18(6-4-11-22-21)16-25(17)19-7-9-20(10-8-19)26-15-5-14-24-12-2-3-13-24/h4,6-11,16-17H,2-3,5,12-15H2,1H3. The molecular formula is C21H26N4O. The molecule has 2 aliphatic rings. The average Bonchev–Trinajstić information content (AvgIpc) is 3.19. The Hall–Kier alpha value is -2.40. The third kappa shape index (κ3) is 3.88. The summed E-state index contributed by atoms with van der Waals surface area (Å²) in [5.41, 5.74) is 1.93. The molecule has 1 aromatic carbocycles. The third-order valence-corrected chi connectivity index (χ3v) is 5.03. The molecule has 0 radical (unpaired) electrons. The van der Waals surface area contributed by atoms with Crippen molar-refractivity contribution < 1.29 is 4.74 Å². The van der Waals surface area contributed by atoms with E-state index in [-0.39, 0.29) is 6.17 Å². The Labute approximate surface area is 154 Å². The molecule has 1 atom stereocenters. The number of hydrogen-bond acceptors (Lipinski definition) is 5. The molecule has 0 aliphatic carbocycles. The monoisotopic (exact) mass is 350 g/mol. The molecule has 2 aromatic rings. The van der Waals surface area contributed by atoms with Gasteiger partial charge in [-0.05, 0) is 75.7 Å². The second kappa shape index (κ2) is 7.87. The second-order valence-electron chi connectivity index (χ2n) is 6.96. The topological polar surface area (TPSA) is 41.0 Å². The molecule has 26 heavy (non-hydrogen) atoms. The number of fused-ring (bicyclic) bond motifs is 1. The largest absolute Gasteiger partial charge is 0.494 e. The van der Waals surface area contributed by atoms with E-state index in [0.717, 1.165) is 41.7 Å². The summed E-state index contributed by atoms with van der Waals surface area (Å²) in [6.07, 6.45) is 7.72. The van der Waals surface area contributed by atoms with Gasteiger partial charge in [0.15, 0.2) is 5.49 Å². The molecule has 5 heteroatoms. The van der Waals surface area contributed by atoms with Crippen molar-refractivity contribution in [1.29, 1.82) is 0 Å². The number of rotatable bonds is 6. The van der Waals surface area contributed by atoms with Crippen LogP contribution >= 0.6 is 0 Å². The predicted molar refractivity (Wildman–Crippen MR) is 104 cm³/mol. The maximum absolute atomic E-state index is 5.90. The highest BCUT2D eigenvalue weighted by atomic mass is 16.5. The maximum atomic E-state index is 5.90. The fourth-order valence-electron chi connectivity index (χ4n) is 3.60. The summed E-state index contributed by atoms with van der Waals surface area (Å²) < 4.78 is 5.90. The lowest BCUT2D eigenvalue weighted by Gasteiger charge is -2.27. The van der Waals surface area contributed by atoms with Crippen molar-refractivity contribution >= 4 is 11.9 Å². The summed E-state index contributed by atoms with van der Waals surface area (Å²) in [7, 11) is 0. The van der Waals surface area contributed by atoms with Crippen LogP contribution in [0.15, 0.2) is 47.6 Å². The van der Waals surface area contributed by atoms with E-state index in [1.807, 2.05) is 24.3 Å². The van der Waals surface area contributed by atoms with Crippen molar-refractivity contribution in [3.63, 3.8) is 0 Å². The minimum atomic E-state index is 0.0321. The van der Waals surface area contributed by atoms with Gasteiger partial charge >= 0.3 is 0 Å². The smallest absolute Gasteiger partial charge is 0.158 e. The molecule has 136 valence electrons. The first-order valence-corrected chi connectivity index (χ1v) is 9.54. The molecule has 0 amide bonds. The van der Waals surface area contributed by atoms with Gasteiger partial charge in [0.1, 0.15) is 11.9 Å². The Morgan fingerprint density at radius 1 is 1.12 bits per heavy atom. The lowest BCUT2D eigenvalue weighted by molar-refractivity contribution is 0.263. The molecule has 2 aliphatic heterocycles. The zero-order valence-corrected chi connectivity index (χ0v) is 15.3. The zero-order valence-electron chi connectivity index (χ0n) is 15.3. The number of nitrogens with zero attached hydrogens (tertiary/aromatic N) is 4. The molecule has 1 fully saturated rings. The summed E-state index contributed by atoms with van der Waals surface area (Å²) >= 11 is 0. The van der Waals surface area contributed by atoms with Gasteiger partial charge in [-0.25, -0.2) is 9.98 Å². The molecule has 1 saturated heterocycles. The number of anilines is 1. The van der Waals surface area contributed by atoms with Crippen molar-refractivity contribution in [2.24, 2.45) is 4.99 Å². The molecule has 1 unspecified atom stereocenters. The van der Waals surface area contributed by atoms with E-state index < -0.39 is 0 Å². The van der Waals surface area contributed by atoms with Gasteiger partial charge < -0.3 is 14.5 Å². The van der Waals surface area contributed by atoms with E-state index in [4.69, 9.17) is 4.74 Å². The first kappa shape index (κ1) is 17.0. The maximum Gasteiger partial charge on any atom is 0.158 e. The minimum Gasteiger partial charge on any atom is -0.494 e. The molecule has 1 aromatic heterocycles. The van der Waals surface area contributed by atoms with Gasteiger partial charge in [-0.2, -0.15) is 0 Å². The first-order chi connectivity index (χ1) is 12.8. The SMILES string of the molecule is CC1N=c2ncccc2=CN1c1ccc(OCCCN2CCCC2)cc1. The number of aromatic nitrogens is 1. The Kier molecular flexibility index (Phi) is 5.16. The normalized spacial score (nSPS) is 19.6. The average molecular weight is 350 g/mol. The first-order valence-electron chi connectivity index (χ1n) is 9.54. The summed E-state index contributed by atoms with van der Waals surface area (Å²) in [5.74, 6) is 0.929. The quantitative estimate of drug-likeness (QED) is 0.749. The lowest BCUT2D eigenvalue weighted by atomic mass is 10.2. The van der Waals surface area contributed by atoms with E-state index in [9.17, 15) is 0 Å². The van der Waals surface area contributed by atoms with Crippen LogP contribution in [0.2, 0.25) is 0 Å². The number of benzene rings is 1. The second-order valence-corrected chi connectivity index (χ2v) is 6.96. The van der Waals surface area contributed by atoms with Crippen molar-refractivity contribution in [2.45, 2.75) is 32.4 Å². The zero-order chi connectivity index (χ0) is 17.8. The van der Waals surface area contributed by atoms with Crippen molar-refractivity contribution in [2.75, 3.05) is 31.1 Å².